The van der Waals surface area contributed by atoms with E-state index in [1.807, 2.05) is 55.5 Å². The number of methoxy groups -OCH3 is 1. The summed E-state index contributed by atoms with van der Waals surface area (Å²) in [5.74, 6) is 1.16. The van der Waals surface area contributed by atoms with Crippen molar-refractivity contribution in [2.45, 2.75) is 31.0 Å². The van der Waals surface area contributed by atoms with E-state index in [2.05, 4.69) is 4.98 Å². The number of halogens is 3. The molecule has 0 spiro atoms. The number of anilines is 1. The summed E-state index contributed by atoms with van der Waals surface area (Å²) >= 11 is 0. The van der Waals surface area contributed by atoms with Crippen LogP contribution in [0.25, 0.3) is 0 Å². The summed E-state index contributed by atoms with van der Waals surface area (Å²) in [4.78, 5) is 5.90. The standard InChI is InChI=1S/C26H27F3N2O3/c1-3-34-24-14-19(11-12-30-24)25(15-18-7-6-8-20(13-18)33-2)17-31(16-23(32)26(27,28)29)22-10-5-4-9-21(22)25/h4-14,23,32H,3,15-17H2,1-2H3. The Hall–Kier alpha value is -3.26. The van der Waals surface area contributed by atoms with E-state index >= 15 is 0 Å². The molecule has 0 saturated carbocycles. The van der Waals surface area contributed by atoms with Gasteiger partial charge in [-0.1, -0.05) is 30.3 Å². The molecule has 4 rings (SSSR count). The van der Waals surface area contributed by atoms with Crippen LogP contribution in [-0.4, -0.2) is 49.2 Å². The highest BCUT2D eigenvalue weighted by molar-refractivity contribution is 5.67. The Labute approximate surface area is 196 Å². The second kappa shape index (κ2) is 9.54. The van der Waals surface area contributed by atoms with Crippen LogP contribution < -0.4 is 14.4 Å². The molecule has 1 aliphatic rings. The number of benzene rings is 2. The van der Waals surface area contributed by atoms with Gasteiger partial charge in [0.1, 0.15) is 5.75 Å². The topological polar surface area (TPSA) is 54.8 Å². The molecule has 0 saturated heterocycles. The number of hydrogen-bond acceptors (Lipinski definition) is 5. The minimum atomic E-state index is -4.70. The highest BCUT2D eigenvalue weighted by atomic mass is 19.4. The monoisotopic (exact) mass is 472 g/mol. The highest BCUT2D eigenvalue weighted by Crippen LogP contribution is 2.48. The van der Waals surface area contributed by atoms with Gasteiger partial charge in [-0.3, -0.25) is 0 Å². The Balaban J connectivity index is 1.84. The molecule has 8 heteroatoms. The van der Waals surface area contributed by atoms with Crippen LogP contribution in [0.2, 0.25) is 0 Å². The quantitative estimate of drug-likeness (QED) is 0.512. The molecular weight excluding hydrogens is 445 g/mol. The van der Waals surface area contributed by atoms with Crippen molar-refractivity contribution in [2.24, 2.45) is 0 Å². The van der Waals surface area contributed by atoms with Gasteiger partial charge in [0.25, 0.3) is 0 Å². The molecule has 2 heterocycles. The van der Waals surface area contributed by atoms with E-state index in [-0.39, 0.29) is 6.54 Å². The number of aromatic nitrogens is 1. The van der Waals surface area contributed by atoms with Crippen molar-refractivity contribution < 1.29 is 27.8 Å². The van der Waals surface area contributed by atoms with Gasteiger partial charge in [-0.2, -0.15) is 13.2 Å². The molecule has 2 aromatic carbocycles. The number of nitrogens with zero attached hydrogens (tertiary/aromatic N) is 2. The van der Waals surface area contributed by atoms with Crippen LogP contribution >= 0.6 is 0 Å². The van der Waals surface area contributed by atoms with Crippen LogP contribution in [0.1, 0.15) is 23.6 Å². The smallest absolute Gasteiger partial charge is 0.416 e. The molecule has 0 radical (unpaired) electrons. The summed E-state index contributed by atoms with van der Waals surface area (Å²) in [5, 5.41) is 9.87. The van der Waals surface area contributed by atoms with Crippen molar-refractivity contribution in [3.8, 4) is 11.6 Å². The first-order chi connectivity index (χ1) is 16.3. The van der Waals surface area contributed by atoms with Gasteiger partial charge in [0.15, 0.2) is 6.10 Å². The lowest BCUT2D eigenvalue weighted by Gasteiger charge is -2.33. The summed E-state index contributed by atoms with van der Waals surface area (Å²) in [6.45, 7) is 2.02. The first kappa shape index (κ1) is 23.9. The van der Waals surface area contributed by atoms with Crippen molar-refractivity contribution in [1.29, 1.82) is 0 Å². The van der Waals surface area contributed by atoms with Gasteiger partial charge in [0, 0.05) is 29.9 Å². The number of ether oxygens (including phenoxy) is 2. The van der Waals surface area contributed by atoms with Gasteiger partial charge in [0.2, 0.25) is 5.88 Å². The molecule has 5 nitrogen and oxygen atoms in total. The highest BCUT2D eigenvalue weighted by Gasteiger charge is 2.47. The summed E-state index contributed by atoms with van der Waals surface area (Å²) in [5.41, 5.74) is 2.72. The summed E-state index contributed by atoms with van der Waals surface area (Å²) in [7, 11) is 1.59. The molecule has 0 amide bonds. The molecule has 2 unspecified atom stereocenters. The van der Waals surface area contributed by atoms with Crippen molar-refractivity contribution in [3.63, 3.8) is 0 Å². The molecule has 1 N–H and O–H groups in total. The second-order valence-electron chi connectivity index (χ2n) is 8.38. The molecule has 34 heavy (non-hydrogen) atoms. The predicted molar refractivity (Wildman–Crippen MR) is 124 cm³/mol. The molecule has 1 aliphatic heterocycles. The average Bonchev–Trinajstić information content (AvgIpc) is 3.13. The SMILES string of the molecule is CCOc1cc(C2(Cc3cccc(OC)c3)CN(CC(O)C(F)(F)F)c3ccccc32)ccn1. The van der Waals surface area contributed by atoms with E-state index < -0.39 is 24.2 Å². The lowest BCUT2D eigenvalue weighted by atomic mass is 9.72. The number of rotatable bonds is 8. The van der Waals surface area contributed by atoms with E-state index in [1.165, 1.54) is 0 Å². The Morgan fingerprint density at radius 3 is 2.65 bits per heavy atom. The largest absolute Gasteiger partial charge is 0.497 e. The van der Waals surface area contributed by atoms with Gasteiger partial charge in [0.05, 0.1) is 20.3 Å². The number of fused-ring (bicyclic) bond motifs is 1. The molecular formula is C26H27F3N2O3. The van der Waals surface area contributed by atoms with Crippen LogP contribution in [0.5, 0.6) is 11.6 Å². The van der Waals surface area contributed by atoms with Crippen LogP contribution in [-0.2, 0) is 11.8 Å². The number of alkyl halides is 3. The van der Waals surface area contributed by atoms with Gasteiger partial charge in [-0.15, -0.1) is 0 Å². The number of β-amino-alcohol motifs (C(OH)–C–C–N with tert-alkyl or cyclic N) is 1. The first-order valence-corrected chi connectivity index (χ1v) is 11.1. The predicted octanol–water partition coefficient (Wildman–Crippen LogP) is 4.76. The Bertz CT molecular complexity index is 1140. The fourth-order valence-electron chi connectivity index (χ4n) is 4.69. The molecule has 3 aromatic rings. The average molecular weight is 473 g/mol. The second-order valence-corrected chi connectivity index (χ2v) is 8.38. The third kappa shape index (κ3) is 4.68. The van der Waals surface area contributed by atoms with Crippen LogP contribution in [0, 0.1) is 0 Å². The normalized spacial score (nSPS) is 18.5. The lowest BCUT2D eigenvalue weighted by Crippen LogP contribution is -2.44. The van der Waals surface area contributed by atoms with Gasteiger partial charge >= 0.3 is 6.18 Å². The molecule has 2 atom stereocenters. The maximum Gasteiger partial charge on any atom is 0.416 e. The first-order valence-electron chi connectivity index (χ1n) is 11.1. The van der Waals surface area contributed by atoms with Crippen molar-refractivity contribution >= 4 is 5.69 Å². The lowest BCUT2D eigenvalue weighted by molar-refractivity contribution is -0.200. The minimum Gasteiger partial charge on any atom is -0.497 e. The van der Waals surface area contributed by atoms with E-state index in [4.69, 9.17) is 9.47 Å². The van der Waals surface area contributed by atoms with Crippen molar-refractivity contribution in [2.75, 3.05) is 31.7 Å². The Morgan fingerprint density at radius 2 is 1.91 bits per heavy atom. The number of hydrogen-bond donors (Lipinski definition) is 1. The Kier molecular flexibility index (Phi) is 6.70. The van der Waals surface area contributed by atoms with Crippen LogP contribution in [0.4, 0.5) is 18.9 Å². The zero-order chi connectivity index (χ0) is 24.3. The van der Waals surface area contributed by atoms with E-state index in [1.54, 1.807) is 30.3 Å². The number of para-hydroxylation sites is 1. The zero-order valence-corrected chi connectivity index (χ0v) is 19.0. The van der Waals surface area contributed by atoms with Crippen molar-refractivity contribution in [3.05, 3.63) is 83.6 Å². The van der Waals surface area contributed by atoms with Gasteiger partial charge < -0.3 is 19.5 Å². The summed E-state index contributed by atoms with van der Waals surface area (Å²) in [6.07, 6.45) is -4.99. The fourth-order valence-corrected chi connectivity index (χ4v) is 4.69. The molecule has 180 valence electrons. The van der Waals surface area contributed by atoms with Crippen LogP contribution in [0.3, 0.4) is 0 Å². The van der Waals surface area contributed by atoms with E-state index in [0.29, 0.717) is 30.3 Å². The molecule has 0 fully saturated rings. The molecule has 0 bridgehead atoms. The third-order valence-electron chi connectivity index (χ3n) is 6.21. The summed E-state index contributed by atoms with van der Waals surface area (Å²) < 4.78 is 50.8. The number of aliphatic hydroxyl groups is 1. The van der Waals surface area contributed by atoms with E-state index in [9.17, 15) is 18.3 Å². The van der Waals surface area contributed by atoms with Crippen LogP contribution in [0.15, 0.2) is 66.9 Å². The third-order valence-corrected chi connectivity index (χ3v) is 6.21. The molecule has 0 aliphatic carbocycles. The minimum absolute atomic E-state index is 0.256. The fraction of sp³-hybridized carbons (Fsp3) is 0.346. The van der Waals surface area contributed by atoms with Gasteiger partial charge in [-0.25, -0.2) is 4.98 Å². The van der Waals surface area contributed by atoms with Gasteiger partial charge in [-0.05, 0) is 54.3 Å². The van der Waals surface area contributed by atoms with Crippen molar-refractivity contribution in [1.82, 2.24) is 4.98 Å². The number of pyridine rings is 1. The van der Waals surface area contributed by atoms with E-state index in [0.717, 1.165) is 16.7 Å². The number of aliphatic hydroxyl groups excluding tert-OH is 1. The Morgan fingerprint density at radius 1 is 1.12 bits per heavy atom. The summed E-state index contributed by atoms with van der Waals surface area (Å²) in [6, 6.07) is 18.8. The maximum atomic E-state index is 13.2. The maximum absolute atomic E-state index is 13.2. The zero-order valence-electron chi connectivity index (χ0n) is 19.0. The molecule has 1 aromatic heterocycles.